The van der Waals surface area contributed by atoms with Gasteiger partial charge in [0.05, 0.1) is 6.42 Å². The van der Waals surface area contributed by atoms with E-state index in [1.54, 1.807) is 48.5 Å². The molecular weight excluding hydrogens is 398 g/mol. The smallest absolute Gasteiger partial charge is 0.306 e. The number of carbonyl (C=O) groups excluding carboxylic acids is 4. The van der Waals surface area contributed by atoms with E-state index < -0.39 is 18.5 Å². The van der Waals surface area contributed by atoms with Gasteiger partial charge in [0, 0.05) is 35.4 Å². The lowest BCUT2D eigenvalue weighted by Crippen LogP contribution is -2.21. The number of carbonyl (C=O) groups is 4. The van der Waals surface area contributed by atoms with Crippen LogP contribution in [0.4, 0.5) is 17.1 Å². The molecule has 0 saturated heterocycles. The molecule has 0 aliphatic rings. The Balaban J connectivity index is 1.67. The molecule has 0 saturated carbocycles. The van der Waals surface area contributed by atoms with Gasteiger partial charge >= 0.3 is 5.97 Å². The first kappa shape index (κ1) is 21.9. The molecule has 0 atom stereocenters. The SMILES string of the molecule is CC(=O)Nc1ccc(NC(=O)CCC(=O)OCC(=O)Nc2ccc(Cl)cc2)cc1. The maximum Gasteiger partial charge on any atom is 0.306 e. The first-order valence-electron chi connectivity index (χ1n) is 8.70. The van der Waals surface area contributed by atoms with E-state index >= 15 is 0 Å². The molecule has 0 unspecified atom stereocenters. The van der Waals surface area contributed by atoms with Crippen molar-refractivity contribution in [2.75, 3.05) is 22.6 Å². The second-order valence-electron chi connectivity index (χ2n) is 6.02. The van der Waals surface area contributed by atoms with Crippen LogP contribution < -0.4 is 16.0 Å². The molecule has 29 heavy (non-hydrogen) atoms. The van der Waals surface area contributed by atoms with Crippen LogP contribution in [0.1, 0.15) is 19.8 Å². The number of ether oxygens (including phenoxy) is 1. The molecular formula is C20H20ClN3O5. The number of halogens is 1. The summed E-state index contributed by atoms with van der Waals surface area (Å²) in [7, 11) is 0. The third kappa shape index (κ3) is 8.44. The summed E-state index contributed by atoms with van der Waals surface area (Å²) in [5.41, 5.74) is 1.66. The van der Waals surface area contributed by atoms with E-state index in [0.717, 1.165) is 0 Å². The van der Waals surface area contributed by atoms with Crippen LogP contribution >= 0.6 is 11.6 Å². The summed E-state index contributed by atoms with van der Waals surface area (Å²) in [4.78, 5) is 46.3. The van der Waals surface area contributed by atoms with Gasteiger partial charge in [-0.25, -0.2) is 0 Å². The van der Waals surface area contributed by atoms with Gasteiger partial charge in [-0.05, 0) is 48.5 Å². The van der Waals surface area contributed by atoms with E-state index in [1.807, 2.05) is 0 Å². The van der Waals surface area contributed by atoms with Crippen molar-refractivity contribution in [3.8, 4) is 0 Å². The van der Waals surface area contributed by atoms with Crippen LogP contribution in [0.3, 0.4) is 0 Å². The molecule has 2 aromatic carbocycles. The van der Waals surface area contributed by atoms with Crippen molar-refractivity contribution in [3.63, 3.8) is 0 Å². The van der Waals surface area contributed by atoms with E-state index in [9.17, 15) is 19.2 Å². The van der Waals surface area contributed by atoms with Gasteiger partial charge in [0.1, 0.15) is 0 Å². The highest BCUT2D eigenvalue weighted by Gasteiger charge is 2.11. The highest BCUT2D eigenvalue weighted by molar-refractivity contribution is 6.30. The fourth-order valence-electron chi connectivity index (χ4n) is 2.23. The summed E-state index contributed by atoms with van der Waals surface area (Å²) in [6, 6.07) is 13.0. The molecule has 152 valence electrons. The van der Waals surface area contributed by atoms with Crippen LogP contribution in [-0.4, -0.2) is 30.3 Å². The quantitative estimate of drug-likeness (QED) is 0.571. The lowest BCUT2D eigenvalue weighted by molar-refractivity contribution is -0.147. The van der Waals surface area contributed by atoms with Crippen LogP contribution in [0.25, 0.3) is 0 Å². The van der Waals surface area contributed by atoms with Crippen molar-refractivity contribution in [2.45, 2.75) is 19.8 Å². The number of benzene rings is 2. The van der Waals surface area contributed by atoms with Crippen LogP contribution in [-0.2, 0) is 23.9 Å². The first-order chi connectivity index (χ1) is 13.8. The predicted molar refractivity (Wildman–Crippen MR) is 110 cm³/mol. The third-order valence-corrected chi connectivity index (χ3v) is 3.79. The number of hydrogen-bond acceptors (Lipinski definition) is 5. The molecule has 3 amide bonds. The van der Waals surface area contributed by atoms with Gasteiger partial charge in [-0.1, -0.05) is 11.6 Å². The molecule has 9 heteroatoms. The van der Waals surface area contributed by atoms with E-state index in [0.29, 0.717) is 22.1 Å². The van der Waals surface area contributed by atoms with Crippen LogP contribution in [0.2, 0.25) is 5.02 Å². The number of nitrogens with one attached hydrogen (secondary N) is 3. The second-order valence-corrected chi connectivity index (χ2v) is 6.46. The van der Waals surface area contributed by atoms with E-state index in [-0.39, 0.29) is 24.7 Å². The highest BCUT2D eigenvalue weighted by atomic mass is 35.5. The fraction of sp³-hybridized carbons (Fsp3) is 0.200. The Morgan fingerprint density at radius 2 is 1.24 bits per heavy atom. The van der Waals surface area contributed by atoms with Crippen molar-refractivity contribution in [2.24, 2.45) is 0 Å². The minimum atomic E-state index is -0.660. The molecule has 3 N–H and O–H groups in total. The van der Waals surface area contributed by atoms with E-state index in [2.05, 4.69) is 16.0 Å². The number of esters is 1. The van der Waals surface area contributed by atoms with Crippen molar-refractivity contribution < 1.29 is 23.9 Å². The molecule has 2 aromatic rings. The molecule has 0 bridgehead atoms. The van der Waals surface area contributed by atoms with Crippen molar-refractivity contribution in [1.82, 2.24) is 0 Å². The number of anilines is 3. The number of rotatable bonds is 8. The third-order valence-electron chi connectivity index (χ3n) is 3.54. The first-order valence-corrected chi connectivity index (χ1v) is 9.08. The topological polar surface area (TPSA) is 114 Å². The van der Waals surface area contributed by atoms with E-state index in [1.165, 1.54) is 6.92 Å². The predicted octanol–water partition coefficient (Wildman–Crippen LogP) is 3.20. The monoisotopic (exact) mass is 417 g/mol. The maximum atomic E-state index is 11.9. The zero-order chi connectivity index (χ0) is 21.2. The molecule has 8 nitrogen and oxygen atoms in total. The lowest BCUT2D eigenvalue weighted by atomic mass is 10.2. The van der Waals surface area contributed by atoms with Crippen molar-refractivity contribution in [3.05, 3.63) is 53.6 Å². The summed E-state index contributed by atoms with van der Waals surface area (Å²) >= 11 is 5.76. The average Bonchev–Trinajstić information content (AvgIpc) is 2.68. The zero-order valence-corrected chi connectivity index (χ0v) is 16.4. The second kappa shape index (κ2) is 10.8. The molecule has 0 aliphatic carbocycles. The summed E-state index contributed by atoms with van der Waals surface area (Å²) in [5.74, 6) is -1.72. The molecule has 0 fully saturated rings. The standard InChI is InChI=1S/C20H20ClN3O5/c1-13(25)22-15-6-8-17(9-7-15)23-18(26)10-11-20(28)29-12-19(27)24-16-4-2-14(21)3-5-16/h2-9H,10-12H2,1H3,(H,22,25)(H,23,26)(H,24,27). The average molecular weight is 418 g/mol. The van der Waals surface area contributed by atoms with Gasteiger partial charge in [-0.15, -0.1) is 0 Å². The minimum Gasteiger partial charge on any atom is -0.456 e. The van der Waals surface area contributed by atoms with Gasteiger partial charge in [0.25, 0.3) is 5.91 Å². The number of hydrogen-bond donors (Lipinski definition) is 3. The molecule has 0 aliphatic heterocycles. The lowest BCUT2D eigenvalue weighted by Gasteiger charge is -2.08. The number of amides is 3. The van der Waals surface area contributed by atoms with Gasteiger partial charge in [0.15, 0.2) is 6.61 Å². The zero-order valence-electron chi connectivity index (χ0n) is 15.7. The summed E-state index contributed by atoms with van der Waals surface area (Å²) in [6.07, 6.45) is -0.255. The van der Waals surface area contributed by atoms with E-state index in [4.69, 9.17) is 16.3 Å². The highest BCUT2D eigenvalue weighted by Crippen LogP contribution is 2.14. The fourth-order valence-corrected chi connectivity index (χ4v) is 2.35. The molecule has 0 radical (unpaired) electrons. The summed E-state index contributed by atoms with van der Waals surface area (Å²) in [6.45, 7) is 0.948. The molecule has 0 aromatic heterocycles. The minimum absolute atomic E-state index is 0.0922. The Labute approximate surface area is 172 Å². The van der Waals surface area contributed by atoms with Crippen LogP contribution in [0.15, 0.2) is 48.5 Å². The maximum absolute atomic E-state index is 11.9. The largest absolute Gasteiger partial charge is 0.456 e. The Hall–Kier alpha value is -3.39. The normalized spacial score (nSPS) is 10.0. The Morgan fingerprint density at radius 1 is 0.759 bits per heavy atom. The van der Waals surface area contributed by atoms with Crippen LogP contribution in [0, 0.1) is 0 Å². The Bertz CT molecular complexity index is 882. The Kier molecular flexibility index (Phi) is 8.17. The van der Waals surface area contributed by atoms with Crippen molar-refractivity contribution in [1.29, 1.82) is 0 Å². The molecule has 2 rings (SSSR count). The van der Waals surface area contributed by atoms with Gasteiger partial charge in [-0.2, -0.15) is 0 Å². The van der Waals surface area contributed by atoms with Gasteiger partial charge in [0.2, 0.25) is 11.8 Å². The Morgan fingerprint density at radius 3 is 1.79 bits per heavy atom. The molecule has 0 spiro atoms. The van der Waals surface area contributed by atoms with Gasteiger partial charge in [-0.3, -0.25) is 19.2 Å². The summed E-state index contributed by atoms with van der Waals surface area (Å²) < 4.78 is 4.86. The molecule has 0 heterocycles. The summed E-state index contributed by atoms with van der Waals surface area (Å²) in [5, 5.41) is 8.34. The van der Waals surface area contributed by atoms with Crippen LogP contribution in [0.5, 0.6) is 0 Å². The van der Waals surface area contributed by atoms with Gasteiger partial charge < -0.3 is 20.7 Å². The van der Waals surface area contributed by atoms with Crippen molar-refractivity contribution >= 4 is 52.4 Å².